The first-order valence-corrected chi connectivity index (χ1v) is 3.13. The molecule has 0 spiro atoms. The summed E-state index contributed by atoms with van der Waals surface area (Å²) < 4.78 is 4.98. The normalized spacial score (nSPS) is 24.0. The fourth-order valence-corrected chi connectivity index (χ4v) is 0.943. The Morgan fingerprint density at radius 1 is 1.67 bits per heavy atom. The van der Waals surface area contributed by atoms with Crippen LogP contribution in [0.4, 0.5) is 0 Å². The molecule has 6 heavy (non-hydrogen) atoms. The van der Waals surface area contributed by atoms with E-state index in [0.29, 0.717) is 0 Å². The number of rotatable bonds is 0. The van der Waals surface area contributed by atoms with Crippen molar-refractivity contribution in [2.24, 2.45) is 0 Å². The van der Waals surface area contributed by atoms with E-state index in [1.165, 1.54) is 5.75 Å². The monoisotopic (exact) mass is 103 g/mol. The van der Waals surface area contributed by atoms with Gasteiger partial charge in [0, 0.05) is 5.75 Å². The van der Waals surface area contributed by atoms with Gasteiger partial charge in [0.05, 0.1) is 12.5 Å². The Hall–Kier alpha value is 0.310. The second kappa shape index (κ2) is 2.48. The van der Waals surface area contributed by atoms with E-state index in [0.717, 1.165) is 12.5 Å². The van der Waals surface area contributed by atoms with Gasteiger partial charge in [0.2, 0.25) is 0 Å². The van der Waals surface area contributed by atoms with Crippen molar-refractivity contribution < 1.29 is 4.74 Å². The van der Waals surface area contributed by atoms with Crippen molar-refractivity contribution in [3.63, 3.8) is 0 Å². The third-order valence-electron chi connectivity index (χ3n) is 0.638. The summed E-state index contributed by atoms with van der Waals surface area (Å²) in [7, 11) is 0. The highest BCUT2D eigenvalue weighted by Crippen LogP contribution is 2.07. The quantitative estimate of drug-likeness (QED) is 0.450. The van der Waals surface area contributed by atoms with Gasteiger partial charge in [-0.1, -0.05) is 0 Å². The molecular weight excluding hydrogens is 96.1 g/mol. The van der Waals surface area contributed by atoms with E-state index < -0.39 is 0 Å². The van der Waals surface area contributed by atoms with Crippen LogP contribution in [0.1, 0.15) is 0 Å². The van der Waals surface area contributed by atoms with Gasteiger partial charge in [-0.25, -0.2) is 0 Å². The summed E-state index contributed by atoms with van der Waals surface area (Å²) in [5.41, 5.74) is 0. The molecule has 0 unspecified atom stereocenters. The predicted molar refractivity (Wildman–Crippen MR) is 27.6 cm³/mol. The summed E-state index contributed by atoms with van der Waals surface area (Å²) in [5, 5.41) is 0. The Labute approximate surface area is 42.1 Å². The maximum absolute atomic E-state index is 4.98. The van der Waals surface area contributed by atoms with Gasteiger partial charge in [-0.3, -0.25) is 0 Å². The molecule has 0 aromatic rings. The van der Waals surface area contributed by atoms with Crippen molar-refractivity contribution in [2.45, 2.75) is 0 Å². The molecule has 0 aliphatic carbocycles. The molecule has 1 heterocycles. The van der Waals surface area contributed by atoms with E-state index in [1.54, 1.807) is 0 Å². The minimum absolute atomic E-state index is 0.854. The lowest BCUT2D eigenvalue weighted by molar-refractivity contribution is 0.201. The topological polar surface area (TPSA) is 9.23 Å². The molecule has 1 rings (SSSR count). The molecule has 1 radical (unpaired) electrons. The Morgan fingerprint density at radius 3 is 2.83 bits per heavy atom. The van der Waals surface area contributed by atoms with Crippen LogP contribution in [0, 0.1) is 6.42 Å². The van der Waals surface area contributed by atoms with Crippen LogP contribution in [0.25, 0.3) is 0 Å². The molecule has 0 N–H and O–H groups in total. The summed E-state index contributed by atoms with van der Waals surface area (Å²) in [6.45, 7) is 0.854. The van der Waals surface area contributed by atoms with Crippen LogP contribution in [0.5, 0.6) is 0 Å². The van der Waals surface area contributed by atoms with E-state index >= 15 is 0 Å². The van der Waals surface area contributed by atoms with Crippen LogP contribution in [0.15, 0.2) is 0 Å². The largest absolute Gasteiger partial charge is 0.371 e. The Balaban J connectivity index is 2.00. The summed E-state index contributed by atoms with van der Waals surface area (Å²) in [6.07, 6.45) is 2.13. The van der Waals surface area contributed by atoms with Gasteiger partial charge in [0.15, 0.2) is 0 Å². The molecule has 0 atom stereocenters. The van der Waals surface area contributed by atoms with Crippen LogP contribution in [0.3, 0.4) is 0 Å². The van der Waals surface area contributed by atoms with E-state index in [4.69, 9.17) is 4.74 Å². The molecule has 1 aliphatic heterocycles. The van der Waals surface area contributed by atoms with Crippen molar-refractivity contribution in [2.75, 3.05) is 18.3 Å². The van der Waals surface area contributed by atoms with Crippen molar-refractivity contribution in [1.29, 1.82) is 0 Å². The Kier molecular flexibility index (Phi) is 1.85. The third-order valence-corrected chi connectivity index (χ3v) is 1.44. The molecule has 0 aromatic carbocycles. The average Bonchev–Trinajstić information content (AvgIpc) is 1.72. The lowest BCUT2D eigenvalue weighted by Gasteiger charge is -2.07. The maximum atomic E-state index is 4.98. The molecule has 0 aromatic heterocycles. The first-order chi connectivity index (χ1) is 3.00. The van der Waals surface area contributed by atoms with E-state index in [2.05, 4.69) is 6.42 Å². The number of ether oxygens (including phenoxy) is 1. The summed E-state index contributed by atoms with van der Waals surface area (Å²) >= 11 is 1.82. The van der Waals surface area contributed by atoms with Crippen LogP contribution in [0.2, 0.25) is 0 Å². The van der Waals surface area contributed by atoms with E-state index in [-0.39, 0.29) is 0 Å². The molecule has 1 aliphatic rings. The number of hydrogen-bond acceptors (Lipinski definition) is 2. The van der Waals surface area contributed by atoms with Gasteiger partial charge >= 0.3 is 0 Å². The third kappa shape index (κ3) is 1.19. The molecule has 0 amide bonds. The first kappa shape index (κ1) is 4.47. The maximum Gasteiger partial charge on any atom is 0.0921 e. The SMILES string of the molecule is [CH]1COCSC1. The van der Waals surface area contributed by atoms with Gasteiger partial charge in [-0.05, 0) is 6.42 Å². The predicted octanol–water partition coefficient (Wildman–Crippen LogP) is 0.912. The fraction of sp³-hybridized carbons (Fsp3) is 0.750. The minimum Gasteiger partial charge on any atom is -0.371 e. The molecule has 1 saturated heterocycles. The summed E-state index contributed by atoms with van der Waals surface area (Å²) in [6, 6.07) is 0. The highest BCUT2D eigenvalue weighted by atomic mass is 32.2. The van der Waals surface area contributed by atoms with E-state index in [1.807, 2.05) is 11.8 Å². The smallest absolute Gasteiger partial charge is 0.0921 e. The van der Waals surface area contributed by atoms with Gasteiger partial charge in [0.1, 0.15) is 0 Å². The number of hydrogen-bond donors (Lipinski definition) is 0. The van der Waals surface area contributed by atoms with Crippen LogP contribution >= 0.6 is 11.8 Å². The lowest BCUT2D eigenvalue weighted by atomic mass is 10.5. The molecule has 1 fully saturated rings. The van der Waals surface area contributed by atoms with E-state index in [9.17, 15) is 0 Å². The molecular formula is C4H7OS. The highest BCUT2D eigenvalue weighted by Gasteiger charge is 1.95. The molecule has 2 heteroatoms. The molecule has 0 saturated carbocycles. The van der Waals surface area contributed by atoms with Crippen molar-refractivity contribution >= 4 is 11.8 Å². The second-order valence-electron chi connectivity index (χ2n) is 1.15. The van der Waals surface area contributed by atoms with Gasteiger partial charge in [0.25, 0.3) is 0 Å². The van der Waals surface area contributed by atoms with Crippen molar-refractivity contribution in [3.05, 3.63) is 6.42 Å². The Bertz CT molecular complexity index is 23.0. The molecule has 1 nitrogen and oxygen atoms in total. The van der Waals surface area contributed by atoms with Gasteiger partial charge in [-0.2, -0.15) is 0 Å². The highest BCUT2D eigenvalue weighted by molar-refractivity contribution is 7.99. The number of thioether (sulfide) groups is 1. The second-order valence-corrected chi connectivity index (χ2v) is 2.13. The molecule has 0 bridgehead atoms. The van der Waals surface area contributed by atoms with Gasteiger partial charge in [-0.15, -0.1) is 11.8 Å². The zero-order valence-corrected chi connectivity index (χ0v) is 4.33. The standard InChI is InChI=1S/C4H7OS/c1-2-5-4-6-3-1/h1H,2-4H2. The van der Waals surface area contributed by atoms with Gasteiger partial charge < -0.3 is 4.74 Å². The summed E-state index contributed by atoms with van der Waals surface area (Å²) in [5.74, 6) is 2.05. The Morgan fingerprint density at radius 2 is 2.67 bits per heavy atom. The zero-order chi connectivity index (χ0) is 4.24. The van der Waals surface area contributed by atoms with Crippen LogP contribution in [-0.4, -0.2) is 18.3 Å². The van der Waals surface area contributed by atoms with Crippen molar-refractivity contribution in [3.8, 4) is 0 Å². The zero-order valence-electron chi connectivity index (χ0n) is 3.52. The fourth-order valence-electron chi connectivity index (χ4n) is 0.370. The average molecular weight is 103 g/mol. The molecule has 35 valence electrons. The van der Waals surface area contributed by atoms with Crippen molar-refractivity contribution in [1.82, 2.24) is 0 Å². The van der Waals surface area contributed by atoms with Crippen LogP contribution < -0.4 is 0 Å². The van der Waals surface area contributed by atoms with Crippen LogP contribution in [-0.2, 0) is 4.74 Å². The first-order valence-electron chi connectivity index (χ1n) is 1.97. The minimum atomic E-state index is 0.854. The lowest BCUT2D eigenvalue weighted by Crippen LogP contribution is -2.02. The summed E-state index contributed by atoms with van der Waals surface area (Å²) in [4.78, 5) is 0.